The Bertz CT molecular complexity index is 465. The van der Waals surface area contributed by atoms with E-state index in [1.165, 1.54) is 31.2 Å². The minimum Gasteiger partial charge on any atom is -0.544 e. The number of hydrogen-bond acceptors (Lipinski definition) is 2. The van der Waals surface area contributed by atoms with Crippen molar-refractivity contribution in [3.8, 4) is 5.75 Å². The van der Waals surface area contributed by atoms with Gasteiger partial charge in [-0.2, -0.15) is 0 Å². The minimum atomic E-state index is -1.73. The largest absolute Gasteiger partial charge is 0.544 e. The number of ether oxygens (including phenoxy) is 1. The van der Waals surface area contributed by atoms with Crippen LogP contribution in [-0.2, 0) is 4.74 Å². The molecule has 0 saturated heterocycles. The second-order valence-corrected chi connectivity index (χ2v) is 12.9. The molecule has 0 radical (unpaired) electrons. The van der Waals surface area contributed by atoms with E-state index in [0.717, 1.165) is 5.75 Å². The molecule has 1 aromatic rings. The van der Waals surface area contributed by atoms with Crippen molar-refractivity contribution in [1.82, 2.24) is 0 Å². The summed E-state index contributed by atoms with van der Waals surface area (Å²) in [5.74, 6) is 1.72. The summed E-state index contributed by atoms with van der Waals surface area (Å²) in [7, 11) is 0.0981. The van der Waals surface area contributed by atoms with Crippen molar-refractivity contribution in [2.75, 3.05) is 7.11 Å². The van der Waals surface area contributed by atoms with Gasteiger partial charge >= 0.3 is 0 Å². The van der Waals surface area contributed by atoms with Crippen molar-refractivity contribution in [1.29, 1.82) is 0 Å². The second-order valence-electron chi connectivity index (χ2n) is 8.14. The molecular weight excluding hydrogens is 288 g/mol. The molecule has 0 aromatic heterocycles. The molecule has 0 heterocycles. The summed E-state index contributed by atoms with van der Waals surface area (Å²) in [5, 5.41) is 0.240. The number of methoxy groups -OCH3 is 1. The summed E-state index contributed by atoms with van der Waals surface area (Å²) in [6.07, 6.45) is 5.31. The van der Waals surface area contributed by atoms with Crippen molar-refractivity contribution < 1.29 is 9.16 Å². The summed E-state index contributed by atoms with van der Waals surface area (Å²) >= 11 is 0. The van der Waals surface area contributed by atoms with Crippen LogP contribution in [0.5, 0.6) is 5.75 Å². The van der Waals surface area contributed by atoms with Gasteiger partial charge in [0.25, 0.3) is 0 Å². The predicted octanol–water partition coefficient (Wildman–Crippen LogP) is 5.74. The van der Waals surface area contributed by atoms with E-state index in [1.807, 2.05) is 7.11 Å². The zero-order valence-corrected chi connectivity index (χ0v) is 16.1. The molecule has 1 aliphatic carbocycles. The number of benzene rings is 1. The molecule has 0 amide bonds. The van der Waals surface area contributed by atoms with Crippen LogP contribution in [0.4, 0.5) is 0 Å². The molecule has 0 bridgehead atoms. The van der Waals surface area contributed by atoms with E-state index in [4.69, 9.17) is 9.16 Å². The van der Waals surface area contributed by atoms with Crippen LogP contribution in [0.15, 0.2) is 24.3 Å². The Kier molecular flexibility index (Phi) is 5.39. The highest BCUT2D eigenvalue weighted by Crippen LogP contribution is 2.38. The van der Waals surface area contributed by atoms with Crippen LogP contribution in [-0.4, -0.2) is 21.5 Å². The minimum absolute atomic E-state index is 0.240. The van der Waals surface area contributed by atoms with Crippen LogP contribution in [0, 0.1) is 0 Å². The van der Waals surface area contributed by atoms with Gasteiger partial charge in [0.1, 0.15) is 5.75 Å². The third-order valence-corrected chi connectivity index (χ3v) is 9.90. The Hall–Kier alpha value is -0.803. The molecule has 1 aromatic carbocycles. The lowest BCUT2D eigenvalue weighted by Crippen LogP contribution is -2.43. The van der Waals surface area contributed by atoms with Gasteiger partial charge in [-0.1, -0.05) is 32.9 Å². The number of hydrogen-bond donors (Lipinski definition) is 0. The van der Waals surface area contributed by atoms with Crippen LogP contribution in [0.25, 0.3) is 0 Å². The van der Waals surface area contributed by atoms with E-state index in [-0.39, 0.29) is 5.04 Å². The fourth-order valence-electron chi connectivity index (χ4n) is 2.89. The molecule has 0 aliphatic heterocycles. The molecule has 2 rings (SSSR count). The number of rotatable bonds is 4. The third kappa shape index (κ3) is 4.14. The second kappa shape index (κ2) is 6.75. The first kappa shape index (κ1) is 17.5. The van der Waals surface area contributed by atoms with Gasteiger partial charge in [0.15, 0.2) is 0 Å². The summed E-state index contributed by atoms with van der Waals surface area (Å²) in [5.41, 5.74) is 1.46. The van der Waals surface area contributed by atoms with Crippen LogP contribution >= 0.6 is 0 Å². The molecule has 3 heteroatoms. The lowest BCUT2D eigenvalue weighted by atomic mass is 9.83. The molecular formula is C19H32O2Si. The van der Waals surface area contributed by atoms with Crippen LogP contribution in [0.2, 0.25) is 18.1 Å². The topological polar surface area (TPSA) is 18.5 Å². The first-order chi connectivity index (χ1) is 10.2. The van der Waals surface area contributed by atoms with Gasteiger partial charge in [-0.3, -0.25) is 0 Å². The van der Waals surface area contributed by atoms with Crippen molar-refractivity contribution in [2.45, 2.75) is 76.6 Å². The summed E-state index contributed by atoms with van der Waals surface area (Å²) < 4.78 is 11.8. The van der Waals surface area contributed by atoms with Gasteiger partial charge < -0.3 is 9.16 Å². The predicted molar refractivity (Wildman–Crippen MR) is 96.3 cm³/mol. The van der Waals surface area contributed by atoms with Crippen LogP contribution < -0.4 is 4.43 Å². The average Bonchev–Trinajstić information content (AvgIpc) is 2.47. The van der Waals surface area contributed by atoms with E-state index in [1.54, 1.807) is 0 Å². The van der Waals surface area contributed by atoms with Gasteiger partial charge in [-0.05, 0) is 67.4 Å². The van der Waals surface area contributed by atoms with Gasteiger partial charge in [0, 0.05) is 7.11 Å². The Morgan fingerprint density at radius 2 is 1.50 bits per heavy atom. The maximum absolute atomic E-state index is 6.36. The third-order valence-electron chi connectivity index (χ3n) is 5.54. The fourth-order valence-corrected chi connectivity index (χ4v) is 3.92. The zero-order valence-electron chi connectivity index (χ0n) is 15.1. The lowest BCUT2D eigenvalue weighted by Gasteiger charge is -2.36. The van der Waals surface area contributed by atoms with E-state index in [9.17, 15) is 0 Å². The molecule has 1 fully saturated rings. The molecule has 1 aliphatic rings. The summed E-state index contributed by atoms with van der Waals surface area (Å²) in [6, 6.07) is 8.86. The highest BCUT2D eigenvalue weighted by molar-refractivity contribution is 6.74. The highest BCUT2D eigenvalue weighted by atomic mass is 28.4. The van der Waals surface area contributed by atoms with E-state index < -0.39 is 8.32 Å². The van der Waals surface area contributed by atoms with E-state index >= 15 is 0 Å². The zero-order chi connectivity index (χ0) is 16.4. The smallest absolute Gasteiger partial charge is 0.250 e. The lowest BCUT2D eigenvalue weighted by molar-refractivity contribution is 0.0658. The highest BCUT2D eigenvalue weighted by Gasteiger charge is 2.38. The van der Waals surface area contributed by atoms with Crippen molar-refractivity contribution >= 4 is 8.32 Å². The van der Waals surface area contributed by atoms with Gasteiger partial charge in [-0.25, -0.2) is 0 Å². The SMILES string of the molecule is COC1CCC(c2ccc(O[Si](C)(C)C(C)(C)C)cc2)CC1. The fraction of sp³-hybridized carbons (Fsp3) is 0.684. The normalized spacial score (nSPS) is 23.4. The van der Waals surface area contributed by atoms with Gasteiger partial charge in [0.05, 0.1) is 6.10 Å². The first-order valence-corrected chi connectivity index (χ1v) is 11.5. The van der Waals surface area contributed by atoms with Gasteiger partial charge in [0.2, 0.25) is 8.32 Å². The van der Waals surface area contributed by atoms with Crippen molar-refractivity contribution in [3.05, 3.63) is 29.8 Å². The monoisotopic (exact) mass is 320 g/mol. The Balaban J connectivity index is 1.99. The Labute approximate surface area is 137 Å². The standard InChI is InChI=1S/C19H32O2Si/c1-19(2,3)22(5,6)21-18-13-9-16(10-14-18)15-7-11-17(20-4)12-8-15/h9-10,13-15,17H,7-8,11-12H2,1-6H3. The molecule has 0 N–H and O–H groups in total. The van der Waals surface area contributed by atoms with Crippen LogP contribution in [0.1, 0.15) is 57.9 Å². The Morgan fingerprint density at radius 3 is 1.95 bits per heavy atom. The molecule has 0 unspecified atom stereocenters. The summed E-state index contributed by atoms with van der Waals surface area (Å²) in [6.45, 7) is 11.4. The maximum Gasteiger partial charge on any atom is 0.250 e. The quantitative estimate of drug-likeness (QED) is 0.658. The Morgan fingerprint density at radius 1 is 0.955 bits per heavy atom. The molecule has 2 nitrogen and oxygen atoms in total. The maximum atomic E-state index is 6.36. The van der Waals surface area contributed by atoms with Crippen LogP contribution in [0.3, 0.4) is 0 Å². The average molecular weight is 321 g/mol. The molecule has 124 valence electrons. The molecule has 0 atom stereocenters. The summed E-state index contributed by atoms with van der Waals surface area (Å²) in [4.78, 5) is 0. The first-order valence-electron chi connectivity index (χ1n) is 8.55. The van der Waals surface area contributed by atoms with E-state index in [2.05, 4.69) is 58.1 Å². The van der Waals surface area contributed by atoms with Crippen molar-refractivity contribution in [3.63, 3.8) is 0 Å². The molecule has 1 saturated carbocycles. The van der Waals surface area contributed by atoms with Gasteiger partial charge in [-0.15, -0.1) is 0 Å². The molecule has 22 heavy (non-hydrogen) atoms. The van der Waals surface area contributed by atoms with Crippen molar-refractivity contribution in [2.24, 2.45) is 0 Å². The van der Waals surface area contributed by atoms with E-state index in [0.29, 0.717) is 12.0 Å². The molecule has 0 spiro atoms.